The zero-order chi connectivity index (χ0) is 97.0. The van der Waals surface area contributed by atoms with Crippen LogP contribution in [0.25, 0.3) is 49.1 Å². The fraction of sp³-hybridized carbons (Fsp3) is 0.512. The molecule has 4 bridgehead atoms. The van der Waals surface area contributed by atoms with E-state index in [0.29, 0.717) is 24.2 Å². The summed E-state index contributed by atoms with van der Waals surface area (Å²) in [5, 5.41) is 2.15. The third kappa shape index (κ3) is 11.9. The van der Waals surface area contributed by atoms with E-state index >= 15 is 0 Å². The molecular weight excluding hydrogens is 1700 g/mol. The van der Waals surface area contributed by atoms with Crippen LogP contribution in [0.4, 0.5) is 28.4 Å². The maximum absolute atomic E-state index is 5.03. The molecule has 5 aromatic carbocycles. The fourth-order valence-electron chi connectivity index (χ4n) is 32.4. The van der Waals surface area contributed by atoms with Crippen molar-refractivity contribution in [2.45, 2.75) is 311 Å². The fourth-order valence-corrected chi connectivity index (χ4v) is 33.1. The molecule has 17 heterocycles. The van der Waals surface area contributed by atoms with E-state index in [1.807, 2.05) is 27.7 Å². The van der Waals surface area contributed by atoms with Gasteiger partial charge < -0.3 is 61.0 Å². The Labute approximate surface area is 821 Å². The van der Waals surface area contributed by atoms with E-state index in [0.717, 1.165) is 28.6 Å². The van der Waals surface area contributed by atoms with Crippen molar-refractivity contribution in [3.05, 3.63) is 266 Å². The monoisotopic (exact) mass is 1850 g/mol. The molecule has 13 aliphatic rings. The SMILES string of the molecule is CC.CC.CC1c2c(c3c(ccn3C)n2C)C2(C)N1c1ccccc1C(C)(C)C2(C)C.CC1c2nc3sccn3c2C2(C)N1c1ccccc1C(C)(C)C2(C)C.Cc1ccccc1N1C(C)c2c(c3c(ccn3C)n2C)C12C1CC3CC(C1)CC2C3.Cc1ccccc1N1C(C)c2c(c3c(ccn3C)n2C)C12CCCC2.Cc1ccccc1N1C(C)c2c(c3c(ccn3C)n2C)C12CCCCC2. The largest absolute Gasteiger partial charge is 0.353 e. The summed E-state index contributed by atoms with van der Waals surface area (Å²) in [5.41, 5.74) is 41.1. The highest BCUT2D eigenvalue weighted by Gasteiger charge is 2.70. The van der Waals surface area contributed by atoms with Crippen LogP contribution < -0.4 is 24.5 Å². The lowest BCUT2D eigenvalue weighted by atomic mass is 9.47. The first-order chi connectivity index (χ1) is 65.4. The summed E-state index contributed by atoms with van der Waals surface area (Å²) in [6.07, 6.45) is 30.1. The number of fused-ring (bicyclic) bond motifs is 25. The first-order valence-electron chi connectivity index (χ1n) is 52.8. The number of imidazole rings is 1. The Balaban J connectivity index is 0.000000101. The number of benzene rings is 5. The van der Waals surface area contributed by atoms with Crippen molar-refractivity contribution in [1.82, 2.24) is 45.9 Å². The molecule has 28 rings (SSSR count). The molecule has 6 saturated carbocycles. The summed E-state index contributed by atoms with van der Waals surface area (Å²) in [7, 11) is 17.9. The minimum atomic E-state index is -0.111. The van der Waals surface area contributed by atoms with Gasteiger partial charge in [0.15, 0.2) is 4.96 Å². The highest BCUT2D eigenvalue weighted by atomic mass is 32.1. The molecule has 3 spiro atoms. The van der Waals surface area contributed by atoms with Crippen molar-refractivity contribution >= 4 is 88.9 Å². The molecule has 7 unspecified atom stereocenters. The topological polar surface area (TPSA) is 72.9 Å². The average molecular weight is 1850 g/mol. The van der Waals surface area contributed by atoms with Crippen molar-refractivity contribution in [2.24, 2.45) is 90.9 Å². The molecule has 7 aliphatic heterocycles. The maximum atomic E-state index is 5.03. The van der Waals surface area contributed by atoms with Crippen LogP contribution in [0.1, 0.15) is 336 Å². The van der Waals surface area contributed by atoms with Gasteiger partial charge in [0.2, 0.25) is 0 Å². The predicted octanol–water partition coefficient (Wildman–Crippen LogP) is 30.0. The van der Waals surface area contributed by atoms with Crippen molar-refractivity contribution < 1.29 is 0 Å². The Morgan fingerprint density at radius 2 is 0.650 bits per heavy atom. The van der Waals surface area contributed by atoms with E-state index in [1.165, 1.54) is 224 Å². The van der Waals surface area contributed by atoms with Gasteiger partial charge in [-0.3, -0.25) is 4.40 Å². The summed E-state index contributed by atoms with van der Waals surface area (Å²) >= 11 is 1.73. The Bertz CT molecular complexity index is 7180. The second-order valence-electron chi connectivity index (χ2n) is 46.0. The van der Waals surface area contributed by atoms with Crippen LogP contribution in [0, 0.1) is 55.3 Å². The van der Waals surface area contributed by atoms with E-state index in [-0.39, 0.29) is 55.4 Å². The van der Waals surface area contributed by atoms with E-state index in [1.54, 1.807) is 33.7 Å². The third-order valence-corrected chi connectivity index (χ3v) is 40.4. The standard InChI is InChI=1S/C27H33N3.C24H31N3.C23H29N3.C22H27N3.C21H25N3S.2C2H6/c1-16-7-5-6-8-22(16)30-17(2)25-24(26-23(29(25)4)9-10-28(26)3)27(30)20-12-18-11-19(14-20)15-21(27)13-18;1-15-20-19(21-18(26(20)8)13-14-25(21)7)24(6)23(4,5)22(2,3)16-11-9-10-12-17(16)27(15)24;1-16-10-6-7-11-18(16)26-17(2)21-20(23(26)13-8-5-9-14-23)22-19(25(21)4)12-15-24(22)3;1-15-9-5-6-10-17(15)25-16(2)20-19(22(25)12-7-8-13-22)21-18(24(20)4)11-14-23(21)3;1-13-16-17(23-11-12-25-18(23)22-16)21(6)20(4,5)19(2,3)14-9-7-8-10-15(14)24(13)21;2*1-2/h5-10,17-21H,11-15H2,1-4H3;9-15H,1-8H3;6-7,10-12,15,17H,5,8-9,13-14H2,1-4H3;5-6,9-11,14,16H,7-8,12-13H2,1-4H3;7-13H,1-6H3;2*1-2H3. The lowest BCUT2D eigenvalue weighted by Gasteiger charge is -2.64. The molecule has 0 saturated heterocycles. The van der Waals surface area contributed by atoms with Crippen LogP contribution in [-0.2, 0) is 94.9 Å². The minimum absolute atomic E-state index is 0.0335. The average Bonchev–Trinajstić information content (AvgIpc) is 1.32. The number of hydrogen-bond acceptors (Lipinski definition) is 7. The molecule has 15 aromatic rings. The van der Waals surface area contributed by atoms with Gasteiger partial charge in [0, 0.05) is 177 Å². The molecule has 0 amide bonds. The van der Waals surface area contributed by atoms with Crippen LogP contribution >= 0.6 is 11.3 Å². The van der Waals surface area contributed by atoms with Crippen molar-refractivity contribution in [2.75, 3.05) is 24.5 Å². The Hall–Kier alpha value is -10.5. The van der Waals surface area contributed by atoms with Gasteiger partial charge in [0.1, 0.15) is 0 Å². The van der Waals surface area contributed by atoms with E-state index in [2.05, 4.69) is 428 Å². The molecule has 722 valence electrons. The summed E-state index contributed by atoms with van der Waals surface area (Å²) < 4.78 is 21.6. The smallest absolute Gasteiger partial charge is 0.194 e. The van der Waals surface area contributed by atoms with Gasteiger partial charge in [-0.15, -0.1) is 11.3 Å². The van der Waals surface area contributed by atoms with Gasteiger partial charge in [-0.05, 0) is 244 Å². The number of nitrogens with zero attached hydrogens (tertiary/aromatic N) is 15. The van der Waals surface area contributed by atoms with Crippen LogP contribution in [0.2, 0.25) is 0 Å². The normalized spacial score (nSPS) is 26.8. The lowest BCUT2D eigenvalue weighted by molar-refractivity contribution is -0.0597. The van der Waals surface area contributed by atoms with Crippen LogP contribution in [0.5, 0.6) is 0 Å². The second-order valence-corrected chi connectivity index (χ2v) is 46.9. The predicted molar refractivity (Wildman–Crippen MR) is 576 cm³/mol. The van der Waals surface area contributed by atoms with Gasteiger partial charge in [-0.25, -0.2) is 4.98 Å². The molecule has 6 aliphatic carbocycles. The van der Waals surface area contributed by atoms with Gasteiger partial charge in [-0.2, -0.15) is 0 Å². The number of anilines is 5. The third-order valence-electron chi connectivity index (χ3n) is 39.7. The number of aryl methyl sites for hydroxylation is 11. The lowest BCUT2D eigenvalue weighted by Crippen LogP contribution is -2.62. The van der Waals surface area contributed by atoms with Crippen LogP contribution in [0.3, 0.4) is 0 Å². The summed E-state index contributed by atoms with van der Waals surface area (Å²) in [6.45, 7) is 51.2. The molecule has 6 fully saturated rings. The quantitative estimate of drug-likeness (QED) is 0.176. The molecule has 0 N–H and O–H groups in total. The Kier molecular flexibility index (Phi) is 21.9. The number of para-hydroxylation sites is 5. The Morgan fingerprint density at radius 1 is 0.328 bits per heavy atom. The molecule has 0 radical (unpaired) electrons. The van der Waals surface area contributed by atoms with Gasteiger partial charge in [0.25, 0.3) is 0 Å². The zero-order valence-corrected chi connectivity index (χ0v) is 89.3. The molecule has 7 atom stereocenters. The second kappa shape index (κ2) is 32.3. The Morgan fingerprint density at radius 3 is 1.06 bits per heavy atom. The molecule has 15 nitrogen and oxygen atoms in total. The van der Waals surface area contributed by atoms with E-state index in [4.69, 9.17) is 4.98 Å². The van der Waals surface area contributed by atoms with Gasteiger partial charge >= 0.3 is 0 Å². The van der Waals surface area contributed by atoms with Crippen molar-refractivity contribution in [1.29, 1.82) is 0 Å². The minimum Gasteiger partial charge on any atom is -0.353 e. The maximum Gasteiger partial charge on any atom is 0.194 e. The molecular formula is C121H157N15S. The first-order valence-corrected chi connectivity index (χ1v) is 53.7. The summed E-state index contributed by atoms with van der Waals surface area (Å²) in [4.78, 5) is 19.9. The number of rotatable bonds is 3. The highest BCUT2D eigenvalue weighted by Crippen LogP contribution is 2.74. The van der Waals surface area contributed by atoms with Gasteiger partial charge in [0.05, 0.1) is 113 Å². The summed E-state index contributed by atoms with van der Waals surface area (Å²) in [6, 6.07) is 56.1. The summed E-state index contributed by atoms with van der Waals surface area (Å²) in [5.74, 6) is 3.53. The molecule has 137 heavy (non-hydrogen) atoms. The van der Waals surface area contributed by atoms with Crippen LogP contribution in [-0.4, -0.2) is 45.9 Å². The van der Waals surface area contributed by atoms with E-state index < -0.39 is 0 Å². The van der Waals surface area contributed by atoms with Gasteiger partial charge in [-0.1, -0.05) is 206 Å². The zero-order valence-electron chi connectivity index (χ0n) is 88.5. The number of hydrogen-bond donors (Lipinski definition) is 0. The first kappa shape index (κ1) is 92.9. The molecule has 10 aromatic heterocycles. The number of aromatic nitrogens is 10. The van der Waals surface area contributed by atoms with Crippen molar-refractivity contribution in [3.63, 3.8) is 0 Å². The van der Waals surface area contributed by atoms with Crippen molar-refractivity contribution in [3.8, 4) is 0 Å². The van der Waals surface area contributed by atoms with E-state index in [9.17, 15) is 0 Å². The highest BCUT2D eigenvalue weighted by molar-refractivity contribution is 7.15. The number of thiazole rings is 1. The molecule has 16 heteroatoms. The van der Waals surface area contributed by atoms with Crippen LogP contribution in [0.15, 0.2) is 182 Å².